The van der Waals surface area contributed by atoms with Crippen LogP contribution in [0.4, 0.5) is 0 Å². The molecule has 156 valence electrons. The molecule has 1 amide bonds. The number of hydrogen-bond donors (Lipinski definition) is 1. The van der Waals surface area contributed by atoms with Crippen LogP contribution in [0, 0.1) is 0 Å². The van der Waals surface area contributed by atoms with Gasteiger partial charge in [-0.1, -0.05) is 87.5 Å². The summed E-state index contributed by atoms with van der Waals surface area (Å²) in [6.07, 6.45) is 1.75. The third-order valence-corrected chi connectivity index (χ3v) is 5.13. The molecular weight excluding hydrogens is 370 g/mol. The standard InChI is InChI=1S/C27H31NO2/c1-27(2,3)24-15-9-10-16-25(24)30-20-19-28-26(29)23-14-8-7-13-22(23)18-17-21-11-5-4-6-12-21/h4-16H,17-20H2,1-3H3,(H,28,29). The van der Waals surface area contributed by atoms with Gasteiger partial charge < -0.3 is 10.1 Å². The maximum absolute atomic E-state index is 12.7. The lowest BCUT2D eigenvalue weighted by Crippen LogP contribution is -2.29. The molecule has 3 aromatic rings. The van der Waals surface area contributed by atoms with Crippen LogP contribution < -0.4 is 10.1 Å². The molecule has 0 radical (unpaired) electrons. The first-order valence-corrected chi connectivity index (χ1v) is 10.6. The molecule has 30 heavy (non-hydrogen) atoms. The number of benzene rings is 3. The first-order chi connectivity index (χ1) is 14.4. The summed E-state index contributed by atoms with van der Waals surface area (Å²) in [5.41, 5.74) is 4.26. The van der Waals surface area contributed by atoms with Crippen LogP contribution in [0.1, 0.15) is 47.8 Å². The monoisotopic (exact) mass is 401 g/mol. The van der Waals surface area contributed by atoms with Gasteiger partial charge in [-0.05, 0) is 47.1 Å². The van der Waals surface area contributed by atoms with E-state index < -0.39 is 0 Å². The SMILES string of the molecule is CC(C)(C)c1ccccc1OCCNC(=O)c1ccccc1CCc1ccccc1. The third kappa shape index (κ3) is 5.96. The van der Waals surface area contributed by atoms with Crippen molar-refractivity contribution in [2.45, 2.75) is 39.0 Å². The van der Waals surface area contributed by atoms with E-state index in [9.17, 15) is 4.79 Å². The smallest absolute Gasteiger partial charge is 0.251 e. The van der Waals surface area contributed by atoms with Crippen molar-refractivity contribution in [2.75, 3.05) is 13.2 Å². The zero-order chi connectivity index (χ0) is 21.4. The molecule has 0 aliphatic carbocycles. The number of aryl methyl sites for hydroxylation is 2. The molecule has 3 rings (SSSR count). The third-order valence-electron chi connectivity index (χ3n) is 5.13. The summed E-state index contributed by atoms with van der Waals surface area (Å²) in [5, 5.41) is 3.00. The maximum Gasteiger partial charge on any atom is 0.251 e. The van der Waals surface area contributed by atoms with Gasteiger partial charge in [0.2, 0.25) is 0 Å². The largest absolute Gasteiger partial charge is 0.491 e. The first kappa shape index (κ1) is 21.6. The van der Waals surface area contributed by atoms with Gasteiger partial charge in [-0.15, -0.1) is 0 Å². The molecule has 0 aromatic heterocycles. The van der Waals surface area contributed by atoms with E-state index in [2.05, 4.69) is 44.3 Å². The molecule has 1 N–H and O–H groups in total. The Morgan fingerprint density at radius 1 is 0.833 bits per heavy atom. The van der Waals surface area contributed by atoms with Crippen molar-refractivity contribution in [2.24, 2.45) is 0 Å². The summed E-state index contributed by atoms with van der Waals surface area (Å²) in [7, 11) is 0. The molecule has 0 heterocycles. The summed E-state index contributed by atoms with van der Waals surface area (Å²) >= 11 is 0. The predicted octanol–water partition coefficient (Wildman–Crippen LogP) is 5.58. The van der Waals surface area contributed by atoms with Crippen LogP contribution in [0.15, 0.2) is 78.9 Å². The van der Waals surface area contributed by atoms with Crippen molar-refractivity contribution >= 4 is 5.91 Å². The van der Waals surface area contributed by atoms with Gasteiger partial charge in [-0.3, -0.25) is 4.79 Å². The second-order valence-electron chi connectivity index (χ2n) is 8.49. The molecule has 0 aliphatic heterocycles. The molecule has 0 saturated carbocycles. The molecule has 3 heteroatoms. The highest BCUT2D eigenvalue weighted by Crippen LogP contribution is 2.30. The summed E-state index contributed by atoms with van der Waals surface area (Å²) in [4.78, 5) is 12.7. The van der Waals surface area contributed by atoms with Crippen LogP contribution in [0.2, 0.25) is 0 Å². The van der Waals surface area contributed by atoms with Gasteiger partial charge in [0.15, 0.2) is 0 Å². The lowest BCUT2D eigenvalue weighted by molar-refractivity contribution is 0.0946. The normalized spacial score (nSPS) is 11.2. The number of carbonyl (C=O) groups excluding carboxylic acids is 1. The predicted molar refractivity (Wildman–Crippen MR) is 123 cm³/mol. The first-order valence-electron chi connectivity index (χ1n) is 10.6. The fraction of sp³-hybridized carbons (Fsp3) is 0.296. The van der Waals surface area contributed by atoms with E-state index in [1.54, 1.807) is 0 Å². The average molecular weight is 402 g/mol. The molecule has 0 spiro atoms. The maximum atomic E-state index is 12.7. The molecule has 0 aliphatic rings. The van der Waals surface area contributed by atoms with E-state index in [0.717, 1.165) is 29.7 Å². The molecule has 0 bridgehead atoms. The van der Waals surface area contributed by atoms with Gasteiger partial charge in [-0.25, -0.2) is 0 Å². The van der Waals surface area contributed by atoms with Gasteiger partial charge >= 0.3 is 0 Å². The summed E-state index contributed by atoms with van der Waals surface area (Å²) in [5.74, 6) is 0.828. The van der Waals surface area contributed by atoms with Crippen LogP contribution in [-0.4, -0.2) is 19.1 Å². The lowest BCUT2D eigenvalue weighted by Gasteiger charge is -2.22. The Bertz CT molecular complexity index is 958. The van der Waals surface area contributed by atoms with Crippen molar-refractivity contribution in [3.05, 3.63) is 101 Å². The second kappa shape index (κ2) is 10.1. The second-order valence-corrected chi connectivity index (χ2v) is 8.49. The Kier molecular flexibility index (Phi) is 7.29. The lowest BCUT2D eigenvalue weighted by atomic mass is 9.86. The number of amides is 1. The zero-order valence-electron chi connectivity index (χ0n) is 18.2. The summed E-state index contributed by atoms with van der Waals surface area (Å²) < 4.78 is 5.97. The van der Waals surface area contributed by atoms with E-state index in [0.29, 0.717) is 13.2 Å². The van der Waals surface area contributed by atoms with Crippen LogP contribution in [-0.2, 0) is 18.3 Å². The van der Waals surface area contributed by atoms with Gasteiger partial charge in [0.05, 0.1) is 6.54 Å². The summed E-state index contributed by atoms with van der Waals surface area (Å²) in [6, 6.07) is 26.3. The van der Waals surface area contributed by atoms with Gasteiger partial charge in [0, 0.05) is 5.56 Å². The molecular formula is C27H31NO2. The van der Waals surface area contributed by atoms with Gasteiger partial charge in [0.25, 0.3) is 5.91 Å². The Morgan fingerprint density at radius 2 is 1.50 bits per heavy atom. The topological polar surface area (TPSA) is 38.3 Å². The highest BCUT2D eigenvalue weighted by atomic mass is 16.5. The van der Waals surface area contributed by atoms with E-state index in [-0.39, 0.29) is 11.3 Å². The number of hydrogen-bond acceptors (Lipinski definition) is 2. The van der Waals surface area contributed by atoms with Gasteiger partial charge in [0.1, 0.15) is 12.4 Å². The molecule has 0 saturated heterocycles. The van der Waals surface area contributed by atoms with E-state index in [1.807, 2.05) is 60.7 Å². The average Bonchev–Trinajstić information content (AvgIpc) is 2.75. The van der Waals surface area contributed by atoms with Crippen molar-refractivity contribution in [3.63, 3.8) is 0 Å². The number of ether oxygens (including phenoxy) is 1. The molecule has 0 unspecified atom stereocenters. The van der Waals surface area contributed by atoms with Crippen molar-refractivity contribution in [1.29, 1.82) is 0 Å². The number of rotatable bonds is 8. The number of nitrogens with one attached hydrogen (secondary N) is 1. The highest BCUT2D eigenvalue weighted by Gasteiger charge is 2.18. The molecule has 0 atom stereocenters. The quantitative estimate of drug-likeness (QED) is 0.501. The molecule has 3 aromatic carbocycles. The Morgan fingerprint density at radius 3 is 2.27 bits per heavy atom. The van der Waals surface area contributed by atoms with E-state index in [4.69, 9.17) is 4.74 Å². The van der Waals surface area contributed by atoms with Crippen LogP contribution in [0.25, 0.3) is 0 Å². The van der Waals surface area contributed by atoms with Crippen LogP contribution in [0.3, 0.4) is 0 Å². The van der Waals surface area contributed by atoms with Crippen LogP contribution in [0.5, 0.6) is 5.75 Å². The zero-order valence-corrected chi connectivity index (χ0v) is 18.2. The Balaban J connectivity index is 1.55. The summed E-state index contributed by atoms with van der Waals surface area (Å²) in [6.45, 7) is 7.41. The van der Waals surface area contributed by atoms with Crippen molar-refractivity contribution in [3.8, 4) is 5.75 Å². The fourth-order valence-electron chi connectivity index (χ4n) is 3.52. The van der Waals surface area contributed by atoms with Crippen LogP contribution >= 0.6 is 0 Å². The van der Waals surface area contributed by atoms with E-state index in [1.165, 1.54) is 11.1 Å². The highest BCUT2D eigenvalue weighted by molar-refractivity contribution is 5.95. The molecule has 3 nitrogen and oxygen atoms in total. The fourth-order valence-corrected chi connectivity index (χ4v) is 3.52. The minimum atomic E-state index is -0.0497. The Labute approximate surface area is 180 Å². The Hall–Kier alpha value is -3.07. The van der Waals surface area contributed by atoms with Crippen molar-refractivity contribution < 1.29 is 9.53 Å². The minimum Gasteiger partial charge on any atom is -0.491 e. The molecule has 0 fully saturated rings. The van der Waals surface area contributed by atoms with Crippen molar-refractivity contribution in [1.82, 2.24) is 5.32 Å². The minimum absolute atomic E-state index is 0.0114. The number of carbonyl (C=O) groups is 1. The van der Waals surface area contributed by atoms with E-state index >= 15 is 0 Å². The number of para-hydroxylation sites is 1. The van der Waals surface area contributed by atoms with Gasteiger partial charge in [-0.2, -0.15) is 0 Å².